The van der Waals surface area contributed by atoms with Crippen molar-refractivity contribution in [2.45, 2.75) is 65.2 Å². The van der Waals surface area contributed by atoms with Crippen molar-refractivity contribution in [2.24, 2.45) is 5.73 Å². The van der Waals surface area contributed by atoms with E-state index in [0.29, 0.717) is 0 Å². The molecular formula is C15H32N2O. The van der Waals surface area contributed by atoms with Gasteiger partial charge < -0.3 is 15.8 Å². The van der Waals surface area contributed by atoms with Gasteiger partial charge in [-0.25, -0.2) is 0 Å². The molecule has 0 bridgehead atoms. The molecule has 0 fully saturated rings. The molecule has 0 aromatic rings. The monoisotopic (exact) mass is 256 g/mol. The highest BCUT2D eigenvalue weighted by Crippen LogP contribution is 2.06. The Morgan fingerprint density at radius 3 is 2.28 bits per heavy atom. The Balaban J connectivity index is 2.99. The van der Waals surface area contributed by atoms with Crippen LogP contribution in [-0.4, -0.2) is 19.8 Å². The van der Waals surface area contributed by atoms with Gasteiger partial charge in [-0.15, -0.1) is 0 Å². The van der Waals surface area contributed by atoms with Gasteiger partial charge in [-0.2, -0.15) is 0 Å². The molecule has 3 N–H and O–H groups in total. The van der Waals surface area contributed by atoms with Crippen molar-refractivity contribution in [1.82, 2.24) is 5.32 Å². The van der Waals surface area contributed by atoms with Gasteiger partial charge in [-0.1, -0.05) is 45.4 Å². The molecule has 0 aromatic carbocycles. The summed E-state index contributed by atoms with van der Waals surface area (Å²) < 4.78 is 5.58. The van der Waals surface area contributed by atoms with Crippen LogP contribution in [0.1, 0.15) is 65.2 Å². The molecule has 108 valence electrons. The molecule has 0 aliphatic carbocycles. The number of hydrogen-bond donors (Lipinski definition) is 2. The molecule has 0 aromatic heterocycles. The smallest absolute Gasteiger partial charge is 0.0916 e. The average molecular weight is 256 g/mol. The normalized spacial score (nSPS) is 11.8. The van der Waals surface area contributed by atoms with Gasteiger partial charge in [0.15, 0.2) is 0 Å². The molecule has 0 saturated carbocycles. The lowest BCUT2D eigenvalue weighted by molar-refractivity contribution is 0.128. The third kappa shape index (κ3) is 13.4. The molecule has 0 saturated heterocycles. The zero-order valence-corrected chi connectivity index (χ0v) is 12.3. The van der Waals surface area contributed by atoms with Gasteiger partial charge in [0.05, 0.1) is 5.82 Å². The molecule has 0 radical (unpaired) electrons. The fourth-order valence-corrected chi connectivity index (χ4v) is 1.77. The Bertz CT molecular complexity index is 193. The minimum absolute atomic E-state index is 0.752. The second-order valence-corrected chi connectivity index (χ2v) is 4.76. The van der Waals surface area contributed by atoms with Crippen LogP contribution in [-0.2, 0) is 4.74 Å². The van der Waals surface area contributed by atoms with Crippen LogP contribution in [0.5, 0.6) is 0 Å². The predicted molar refractivity (Wildman–Crippen MR) is 79.4 cm³/mol. The van der Waals surface area contributed by atoms with E-state index in [0.717, 1.165) is 32.0 Å². The zero-order valence-electron chi connectivity index (χ0n) is 12.3. The van der Waals surface area contributed by atoms with Gasteiger partial charge in [-0.05, 0) is 25.8 Å². The molecule has 0 amide bonds. The Morgan fingerprint density at radius 1 is 1.00 bits per heavy atom. The fraction of sp³-hybridized carbons (Fsp3) is 0.867. The molecule has 0 unspecified atom stereocenters. The minimum Gasteiger partial charge on any atom is -0.386 e. The van der Waals surface area contributed by atoms with E-state index in [4.69, 9.17) is 10.5 Å². The van der Waals surface area contributed by atoms with Crippen LogP contribution in [0.15, 0.2) is 11.9 Å². The zero-order chi connectivity index (χ0) is 13.5. The van der Waals surface area contributed by atoms with Crippen LogP contribution < -0.4 is 11.1 Å². The molecule has 0 aliphatic heterocycles. The van der Waals surface area contributed by atoms with Gasteiger partial charge in [0.25, 0.3) is 0 Å². The number of allylic oxidation sites excluding steroid dienone is 1. The van der Waals surface area contributed by atoms with Crippen molar-refractivity contribution in [1.29, 1.82) is 0 Å². The maximum absolute atomic E-state index is 5.61. The first-order valence-corrected chi connectivity index (χ1v) is 7.54. The average Bonchev–Trinajstić information content (AvgIpc) is 2.39. The van der Waals surface area contributed by atoms with Gasteiger partial charge >= 0.3 is 0 Å². The number of unbranched alkanes of at least 4 members (excludes halogenated alkanes) is 6. The van der Waals surface area contributed by atoms with Crippen molar-refractivity contribution in [2.75, 3.05) is 19.8 Å². The highest BCUT2D eigenvalue weighted by Gasteiger charge is 1.92. The lowest BCUT2D eigenvalue weighted by Gasteiger charge is -2.06. The molecule has 3 nitrogen and oxygen atoms in total. The summed E-state index contributed by atoms with van der Waals surface area (Å²) in [4.78, 5) is 0. The second-order valence-electron chi connectivity index (χ2n) is 4.76. The molecule has 0 rings (SSSR count). The van der Waals surface area contributed by atoms with Crippen LogP contribution in [0.3, 0.4) is 0 Å². The number of nitrogens with two attached hydrogens (primary N) is 1. The quantitative estimate of drug-likeness (QED) is 0.495. The fourth-order valence-electron chi connectivity index (χ4n) is 1.77. The lowest BCUT2D eigenvalue weighted by atomic mass is 10.1. The maximum Gasteiger partial charge on any atom is 0.0916 e. The molecule has 0 aliphatic rings. The molecule has 3 heteroatoms. The molecule has 0 heterocycles. The van der Waals surface area contributed by atoms with E-state index in [2.05, 4.69) is 12.2 Å². The first-order valence-electron chi connectivity index (χ1n) is 7.54. The lowest BCUT2D eigenvalue weighted by Crippen LogP contribution is -2.21. The van der Waals surface area contributed by atoms with Gasteiger partial charge in [0.1, 0.15) is 0 Å². The van der Waals surface area contributed by atoms with Gasteiger partial charge in [0.2, 0.25) is 0 Å². The van der Waals surface area contributed by atoms with E-state index in [9.17, 15) is 0 Å². The largest absolute Gasteiger partial charge is 0.386 e. The number of ether oxygens (including phenoxy) is 1. The Hall–Kier alpha value is -0.700. The summed E-state index contributed by atoms with van der Waals surface area (Å²) in [6, 6.07) is 0. The molecule has 18 heavy (non-hydrogen) atoms. The molecular weight excluding hydrogens is 224 g/mol. The van der Waals surface area contributed by atoms with Crippen molar-refractivity contribution < 1.29 is 4.74 Å². The van der Waals surface area contributed by atoms with E-state index in [1.165, 1.54) is 44.9 Å². The van der Waals surface area contributed by atoms with Crippen molar-refractivity contribution >= 4 is 0 Å². The number of rotatable bonds is 13. The van der Waals surface area contributed by atoms with E-state index < -0.39 is 0 Å². The van der Waals surface area contributed by atoms with Gasteiger partial charge in [-0.3, -0.25) is 0 Å². The Morgan fingerprint density at radius 2 is 1.61 bits per heavy atom. The minimum atomic E-state index is 0.752. The van der Waals surface area contributed by atoms with E-state index >= 15 is 0 Å². The first-order chi connectivity index (χ1) is 8.81. The third-order valence-electron chi connectivity index (χ3n) is 3.00. The van der Waals surface area contributed by atoms with Crippen LogP contribution in [0.25, 0.3) is 0 Å². The molecule has 0 atom stereocenters. The van der Waals surface area contributed by atoms with Crippen LogP contribution in [0.2, 0.25) is 0 Å². The summed E-state index contributed by atoms with van der Waals surface area (Å²) >= 11 is 0. The topological polar surface area (TPSA) is 47.3 Å². The van der Waals surface area contributed by atoms with Crippen molar-refractivity contribution in [3.05, 3.63) is 11.9 Å². The summed E-state index contributed by atoms with van der Waals surface area (Å²) in [5.74, 6) is 0.752. The Labute approximate surface area is 113 Å². The van der Waals surface area contributed by atoms with E-state index in [1.54, 1.807) is 0 Å². The summed E-state index contributed by atoms with van der Waals surface area (Å²) in [6.07, 6.45) is 12.3. The van der Waals surface area contributed by atoms with E-state index in [1.807, 2.05) is 13.0 Å². The van der Waals surface area contributed by atoms with Crippen LogP contribution in [0.4, 0.5) is 0 Å². The van der Waals surface area contributed by atoms with E-state index in [-0.39, 0.29) is 0 Å². The van der Waals surface area contributed by atoms with Crippen molar-refractivity contribution in [3.8, 4) is 0 Å². The van der Waals surface area contributed by atoms with Gasteiger partial charge in [0, 0.05) is 19.8 Å². The number of hydrogen-bond acceptors (Lipinski definition) is 3. The number of nitrogens with one attached hydrogen (secondary N) is 1. The SMILES string of the molecule is CC=C(N)NCCCOCCCCCCCCC. The summed E-state index contributed by atoms with van der Waals surface area (Å²) in [6.45, 7) is 6.83. The van der Waals surface area contributed by atoms with Crippen LogP contribution in [0, 0.1) is 0 Å². The first kappa shape index (κ1) is 17.3. The third-order valence-corrected chi connectivity index (χ3v) is 3.00. The van der Waals surface area contributed by atoms with Crippen molar-refractivity contribution in [3.63, 3.8) is 0 Å². The summed E-state index contributed by atoms with van der Waals surface area (Å²) in [5.41, 5.74) is 5.61. The second kappa shape index (κ2) is 14.4. The highest BCUT2D eigenvalue weighted by molar-refractivity contribution is 4.89. The maximum atomic E-state index is 5.61. The Kier molecular flexibility index (Phi) is 13.8. The van der Waals surface area contributed by atoms with Crippen LogP contribution >= 0.6 is 0 Å². The highest BCUT2D eigenvalue weighted by atomic mass is 16.5. The summed E-state index contributed by atoms with van der Waals surface area (Å²) in [7, 11) is 0. The molecule has 0 spiro atoms. The summed E-state index contributed by atoms with van der Waals surface area (Å²) in [5, 5.41) is 3.12. The predicted octanol–water partition coefficient (Wildman–Crippen LogP) is 3.55. The standard InChI is InChI=1S/C15H32N2O/c1-3-5-6-7-8-9-10-13-18-14-11-12-17-15(16)4-2/h4,17H,3,5-14,16H2,1-2H3.